The molecule has 0 radical (unpaired) electrons. The van der Waals surface area contributed by atoms with Gasteiger partial charge in [0.15, 0.2) is 0 Å². The van der Waals surface area contributed by atoms with E-state index in [0.29, 0.717) is 61.7 Å². The number of carboxylic acid groups (broad SMARTS) is 2. The third-order valence-corrected chi connectivity index (χ3v) is 8.71. The first kappa shape index (κ1) is 26.8. The van der Waals surface area contributed by atoms with Gasteiger partial charge in [0, 0.05) is 49.4 Å². The molecule has 4 aliphatic rings. The fourth-order valence-electron chi connectivity index (χ4n) is 6.86. The van der Waals surface area contributed by atoms with Gasteiger partial charge in [0.25, 0.3) is 0 Å². The second kappa shape index (κ2) is 10.9. The molecule has 1 unspecified atom stereocenters. The van der Waals surface area contributed by atoms with Gasteiger partial charge in [-0.3, -0.25) is 9.59 Å². The molecule has 194 valence electrons. The molecule has 3 aliphatic carbocycles. The number of ketones is 1. The van der Waals surface area contributed by atoms with Gasteiger partial charge in [0.05, 0.1) is 5.71 Å². The van der Waals surface area contributed by atoms with Crippen molar-refractivity contribution in [1.82, 2.24) is 5.32 Å². The second-order valence-corrected chi connectivity index (χ2v) is 10.6. The Balaban J connectivity index is 0.000000371. The molecular formula is C25H37N3O7. The molecule has 4 rings (SSSR count). The third-order valence-electron chi connectivity index (χ3n) is 8.71. The first-order valence-electron chi connectivity index (χ1n) is 12.4. The van der Waals surface area contributed by atoms with Crippen molar-refractivity contribution < 1.29 is 34.2 Å². The van der Waals surface area contributed by atoms with E-state index in [1.54, 1.807) is 0 Å². The van der Waals surface area contributed by atoms with Crippen LogP contribution in [-0.4, -0.2) is 58.7 Å². The number of carboxylic acids is 2. The molecule has 0 spiro atoms. The maximum Gasteiger partial charge on any atom is 0.328 e. The summed E-state index contributed by atoms with van der Waals surface area (Å²) in [6.07, 6.45) is 8.07. The molecule has 1 amide bonds. The van der Waals surface area contributed by atoms with Crippen LogP contribution in [0, 0.1) is 28.6 Å². The van der Waals surface area contributed by atoms with Crippen LogP contribution in [0.4, 0.5) is 0 Å². The van der Waals surface area contributed by atoms with Crippen LogP contribution in [0.2, 0.25) is 0 Å². The van der Waals surface area contributed by atoms with Crippen molar-refractivity contribution in [3.63, 3.8) is 0 Å². The van der Waals surface area contributed by atoms with Gasteiger partial charge in [-0.2, -0.15) is 0 Å². The molecule has 35 heavy (non-hydrogen) atoms. The van der Waals surface area contributed by atoms with Gasteiger partial charge in [-0.25, -0.2) is 9.59 Å². The van der Waals surface area contributed by atoms with E-state index in [0.717, 1.165) is 44.2 Å². The van der Waals surface area contributed by atoms with Crippen molar-refractivity contribution in [2.24, 2.45) is 39.5 Å². The zero-order chi connectivity index (χ0) is 25.8. The first-order valence-corrected chi connectivity index (χ1v) is 12.4. The molecule has 0 bridgehead atoms. The van der Waals surface area contributed by atoms with E-state index < -0.39 is 11.9 Å². The molecule has 10 heteroatoms. The summed E-state index contributed by atoms with van der Waals surface area (Å²) in [5.41, 5.74) is 6.37. The quantitative estimate of drug-likeness (QED) is 0.257. The number of hydrogen-bond acceptors (Lipinski definition) is 7. The highest BCUT2D eigenvalue weighted by atomic mass is 16.6. The minimum absolute atomic E-state index is 0.0662. The monoisotopic (exact) mass is 491 g/mol. The molecule has 1 aliphatic heterocycles. The highest BCUT2D eigenvalue weighted by Gasteiger charge is 2.60. The number of amides is 1. The lowest BCUT2D eigenvalue weighted by molar-refractivity contribution is -0.134. The predicted octanol–water partition coefficient (Wildman–Crippen LogP) is 2.12. The number of rotatable bonds is 5. The Labute approximate surface area is 205 Å². The number of Topliss-reactive ketones (excluding diaryl/α,β-unsaturated/α-hetero) is 1. The fourth-order valence-corrected chi connectivity index (χ4v) is 6.86. The smallest absolute Gasteiger partial charge is 0.328 e. The van der Waals surface area contributed by atoms with Crippen LogP contribution in [-0.2, 0) is 24.0 Å². The van der Waals surface area contributed by atoms with Crippen LogP contribution in [0.3, 0.4) is 0 Å². The number of hydrogen-bond donors (Lipinski definition) is 4. The van der Waals surface area contributed by atoms with Crippen LogP contribution in [0.25, 0.3) is 0 Å². The maximum atomic E-state index is 12.8. The van der Waals surface area contributed by atoms with Gasteiger partial charge < -0.3 is 26.1 Å². The number of nitrogens with zero attached hydrogens (tertiary/aromatic N) is 1. The highest BCUT2D eigenvalue weighted by molar-refractivity contribution is 5.90. The zero-order valence-corrected chi connectivity index (χ0v) is 20.5. The van der Waals surface area contributed by atoms with Crippen LogP contribution >= 0.6 is 0 Å². The molecule has 5 N–H and O–H groups in total. The minimum Gasteiger partial charge on any atom is -0.478 e. The lowest BCUT2D eigenvalue weighted by atomic mass is 9.51. The molecule has 1 heterocycles. The summed E-state index contributed by atoms with van der Waals surface area (Å²) in [7, 11) is 0. The Morgan fingerprint density at radius 2 is 1.77 bits per heavy atom. The third kappa shape index (κ3) is 5.74. The summed E-state index contributed by atoms with van der Waals surface area (Å²) >= 11 is 0. The summed E-state index contributed by atoms with van der Waals surface area (Å²) in [4.78, 5) is 49.8. The highest BCUT2D eigenvalue weighted by Crippen LogP contribution is 2.61. The van der Waals surface area contributed by atoms with Crippen LogP contribution in [0.1, 0.15) is 65.2 Å². The predicted molar refractivity (Wildman–Crippen MR) is 127 cm³/mol. The first-order chi connectivity index (χ1) is 16.5. The number of fused-ring (bicyclic) bond motifs is 5. The molecule has 4 fully saturated rings. The minimum atomic E-state index is -1.26. The molecule has 6 atom stereocenters. The van der Waals surface area contributed by atoms with Crippen molar-refractivity contribution in [2.75, 3.05) is 13.2 Å². The van der Waals surface area contributed by atoms with Gasteiger partial charge in [0.2, 0.25) is 5.91 Å². The molecule has 1 saturated heterocycles. The van der Waals surface area contributed by atoms with E-state index in [-0.39, 0.29) is 22.8 Å². The van der Waals surface area contributed by atoms with Gasteiger partial charge in [-0.05, 0) is 55.3 Å². The number of carbonyl (C=O) groups is 4. The molecule has 0 aromatic heterocycles. The van der Waals surface area contributed by atoms with Crippen LogP contribution in [0.5, 0.6) is 0 Å². The molecular weight excluding hydrogens is 454 g/mol. The number of carbonyl (C=O) groups excluding carboxylic acids is 2. The molecule has 3 saturated carbocycles. The van der Waals surface area contributed by atoms with E-state index in [1.165, 1.54) is 0 Å². The topological polar surface area (TPSA) is 168 Å². The van der Waals surface area contributed by atoms with Gasteiger partial charge >= 0.3 is 11.9 Å². The van der Waals surface area contributed by atoms with Gasteiger partial charge in [0.1, 0.15) is 12.4 Å². The van der Waals surface area contributed by atoms with E-state index >= 15 is 0 Å². The average Bonchev–Trinajstić information content (AvgIpc) is 3.04. The van der Waals surface area contributed by atoms with Crippen molar-refractivity contribution in [2.45, 2.75) is 71.3 Å². The number of oxime groups is 1. The van der Waals surface area contributed by atoms with Crippen molar-refractivity contribution in [3.8, 4) is 0 Å². The molecule has 10 nitrogen and oxygen atoms in total. The van der Waals surface area contributed by atoms with Crippen LogP contribution < -0.4 is 11.1 Å². The van der Waals surface area contributed by atoms with E-state index in [1.807, 2.05) is 0 Å². The van der Waals surface area contributed by atoms with E-state index in [2.05, 4.69) is 24.3 Å². The summed E-state index contributed by atoms with van der Waals surface area (Å²) in [6.45, 7) is 5.40. The van der Waals surface area contributed by atoms with Gasteiger partial charge in [-0.15, -0.1) is 0 Å². The Bertz CT molecular complexity index is 901. The van der Waals surface area contributed by atoms with Crippen molar-refractivity contribution >= 4 is 29.3 Å². The normalized spacial score (nSPS) is 37.3. The average molecular weight is 492 g/mol. The second-order valence-electron chi connectivity index (χ2n) is 10.6. The lowest BCUT2D eigenvalue weighted by Crippen LogP contribution is -2.54. The number of aliphatic carboxylic acids is 2. The van der Waals surface area contributed by atoms with Gasteiger partial charge in [-0.1, -0.05) is 19.0 Å². The summed E-state index contributed by atoms with van der Waals surface area (Å²) < 4.78 is 0. The lowest BCUT2D eigenvalue weighted by Gasteiger charge is -2.53. The number of nitrogens with one attached hydrogen (secondary N) is 1. The maximum absolute atomic E-state index is 12.8. The molecule has 0 aromatic carbocycles. The summed E-state index contributed by atoms with van der Waals surface area (Å²) in [6, 6.07) is 0.107. The van der Waals surface area contributed by atoms with E-state index in [4.69, 9.17) is 20.8 Å². The SMILES string of the molecule is C[C@]12CC/C(=N/OCCN)CC1NC(=O)C[C@@H]1[C@@H]2CC[C@]2(C)C(=O)CC[C@@H]12.O=C(O)/C=C/C(=O)O. The van der Waals surface area contributed by atoms with Crippen molar-refractivity contribution in [1.29, 1.82) is 0 Å². The fraction of sp³-hybridized carbons (Fsp3) is 0.720. The molecule has 0 aromatic rings. The van der Waals surface area contributed by atoms with Crippen LogP contribution in [0.15, 0.2) is 17.3 Å². The van der Waals surface area contributed by atoms with Crippen molar-refractivity contribution in [3.05, 3.63) is 12.2 Å². The Morgan fingerprint density at radius 1 is 1.09 bits per heavy atom. The Morgan fingerprint density at radius 3 is 2.40 bits per heavy atom. The summed E-state index contributed by atoms with van der Waals surface area (Å²) in [5.74, 6) is -0.749. The summed E-state index contributed by atoms with van der Waals surface area (Å²) in [5, 5.41) is 23.2. The standard InChI is InChI=1S/C21H33N3O3.C4H4O4/c1-20-7-5-13(24-27-10-9-22)11-17(20)23-19(26)12-14-15-3-4-18(25)21(15,2)8-6-16(14)20;5-3(6)1-2-4(7)8/h14-17H,3-12,22H2,1-2H3,(H,23,26);1-2H,(H,5,6)(H,7,8)/b24-13-;2-1+/t14-,15-,16-,17?,20+,21-;/m0./s1. The van der Waals surface area contributed by atoms with E-state index in [9.17, 15) is 19.2 Å². The Kier molecular flexibility index (Phi) is 8.35. The largest absolute Gasteiger partial charge is 0.478 e. The zero-order valence-electron chi connectivity index (χ0n) is 20.5. The Hall–Kier alpha value is -2.75. The number of nitrogens with two attached hydrogens (primary N) is 1.